The molecule has 11 heteroatoms. The van der Waals surface area contributed by atoms with E-state index >= 15 is 0 Å². The number of carboxylic acids is 1. The first kappa shape index (κ1) is 21.6. The zero-order chi connectivity index (χ0) is 23.1. The van der Waals surface area contributed by atoms with E-state index in [0.717, 1.165) is 4.88 Å². The molecule has 170 valence electrons. The number of aliphatic hydroxyl groups is 1. The van der Waals surface area contributed by atoms with Crippen LogP contribution in [0.5, 0.6) is 0 Å². The predicted octanol–water partition coefficient (Wildman–Crippen LogP) is 3.75. The van der Waals surface area contributed by atoms with Crippen molar-refractivity contribution in [2.24, 2.45) is 0 Å². The molecule has 3 aromatic heterocycles. The summed E-state index contributed by atoms with van der Waals surface area (Å²) in [7, 11) is 0. The fourth-order valence-electron chi connectivity index (χ4n) is 3.99. The third kappa shape index (κ3) is 4.12. The second-order valence-corrected chi connectivity index (χ2v) is 9.52. The Hall–Kier alpha value is -3.21. The highest BCUT2D eigenvalue weighted by molar-refractivity contribution is 7.19. The molecule has 1 fully saturated rings. The van der Waals surface area contributed by atoms with Gasteiger partial charge in [-0.05, 0) is 37.1 Å². The number of fused-ring (bicyclic) bond motifs is 1. The Kier molecular flexibility index (Phi) is 5.65. The van der Waals surface area contributed by atoms with Gasteiger partial charge in [0.2, 0.25) is 5.82 Å². The van der Waals surface area contributed by atoms with Crippen LogP contribution in [0.4, 0.5) is 0 Å². The predicted molar refractivity (Wildman–Crippen MR) is 122 cm³/mol. The molecular weight excluding hydrogens is 468 g/mol. The topological polar surface area (TPSA) is 122 Å². The number of nitrogens with zero attached hydrogens (tertiary/aromatic N) is 4. The van der Waals surface area contributed by atoms with Crippen molar-refractivity contribution in [2.45, 2.75) is 25.5 Å². The number of carboxylic acid groups (broad SMARTS) is 1. The van der Waals surface area contributed by atoms with Crippen molar-refractivity contribution in [1.29, 1.82) is 0 Å². The second kappa shape index (κ2) is 8.62. The molecule has 4 heterocycles. The van der Waals surface area contributed by atoms with Gasteiger partial charge in [0.25, 0.3) is 5.91 Å². The van der Waals surface area contributed by atoms with E-state index in [0.29, 0.717) is 58.3 Å². The molecule has 4 aromatic rings. The van der Waals surface area contributed by atoms with Crippen molar-refractivity contribution in [2.75, 3.05) is 13.1 Å². The molecule has 0 aliphatic carbocycles. The Morgan fingerprint density at radius 1 is 1.21 bits per heavy atom. The highest BCUT2D eigenvalue weighted by Crippen LogP contribution is 2.32. The Morgan fingerprint density at radius 2 is 2.00 bits per heavy atom. The van der Waals surface area contributed by atoms with Crippen molar-refractivity contribution in [3.05, 3.63) is 57.8 Å². The summed E-state index contributed by atoms with van der Waals surface area (Å²) in [5.41, 5.74) is 1.68. The van der Waals surface area contributed by atoms with E-state index in [-0.39, 0.29) is 18.3 Å². The highest BCUT2D eigenvalue weighted by Gasteiger charge is 2.27. The molecule has 0 unspecified atom stereocenters. The van der Waals surface area contributed by atoms with Crippen molar-refractivity contribution >= 4 is 45.8 Å². The quantitative estimate of drug-likeness (QED) is 0.440. The standard InChI is InChI=1S/C22H19ClN4O5S/c23-18-5-4-17(33-18)16-10-12(25-32-16)11-27-15-3-1-2-14(19(15)24-20(27)22(30)31)21(29)26-8-6-13(28)7-9-26/h1-5,10,13,28H,6-9,11H2,(H,30,31). The third-order valence-corrected chi connectivity index (χ3v) is 6.89. The van der Waals surface area contributed by atoms with E-state index in [1.807, 2.05) is 6.07 Å². The molecule has 2 N–H and O–H groups in total. The minimum Gasteiger partial charge on any atom is -0.475 e. The van der Waals surface area contributed by atoms with Crippen molar-refractivity contribution in [3.63, 3.8) is 0 Å². The number of piperidine rings is 1. The van der Waals surface area contributed by atoms with E-state index in [2.05, 4.69) is 10.1 Å². The zero-order valence-electron chi connectivity index (χ0n) is 17.3. The molecule has 1 saturated heterocycles. The molecular formula is C22H19ClN4O5S. The Morgan fingerprint density at radius 3 is 2.70 bits per heavy atom. The summed E-state index contributed by atoms with van der Waals surface area (Å²) in [6, 6.07) is 10.4. The molecule has 5 rings (SSSR count). The summed E-state index contributed by atoms with van der Waals surface area (Å²) in [5, 5.41) is 23.6. The van der Waals surface area contributed by atoms with Crippen LogP contribution in [0.1, 0.15) is 39.5 Å². The number of likely N-dealkylation sites (tertiary alicyclic amines) is 1. The van der Waals surface area contributed by atoms with Crippen molar-refractivity contribution in [1.82, 2.24) is 19.6 Å². The Labute approximate surface area is 196 Å². The number of hydrogen-bond donors (Lipinski definition) is 2. The first-order chi connectivity index (χ1) is 15.9. The van der Waals surface area contributed by atoms with Crippen LogP contribution in [0.25, 0.3) is 21.7 Å². The number of aliphatic hydroxyl groups excluding tert-OH is 1. The van der Waals surface area contributed by atoms with Crippen LogP contribution in [-0.4, -0.2) is 60.9 Å². The average Bonchev–Trinajstić information content (AvgIpc) is 3.53. The maximum atomic E-state index is 13.1. The number of thiophene rings is 1. The first-order valence-electron chi connectivity index (χ1n) is 10.3. The zero-order valence-corrected chi connectivity index (χ0v) is 18.8. The molecule has 9 nitrogen and oxygen atoms in total. The summed E-state index contributed by atoms with van der Waals surface area (Å²) < 4.78 is 7.55. The summed E-state index contributed by atoms with van der Waals surface area (Å²) in [6.07, 6.45) is 0.626. The third-order valence-electron chi connectivity index (χ3n) is 5.65. The van der Waals surface area contributed by atoms with Crippen LogP contribution in [0.15, 0.2) is 40.9 Å². The maximum absolute atomic E-state index is 13.1. The summed E-state index contributed by atoms with van der Waals surface area (Å²) >= 11 is 7.34. The Bertz CT molecular complexity index is 1350. The van der Waals surface area contributed by atoms with Crippen LogP contribution < -0.4 is 0 Å². The molecule has 0 bridgehead atoms. The van der Waals surface area contributed by atoms with Gasteiger partial charge in [0.1, 0.15) is 11.2 Å². The number of rotatable bonds is 5. The average molecular weight is 487 g/mol. The molecule has 0 atom stereocenters. The van der Waals surface area contributed by atoms with Crippen LogP contribution in [0.3, 0.4) is 0 Å². The van der Waals surface area contributed by atoms with Gasteiger partial charge >= 0.3 is 5.97 Å². The molecule has 1 aromatic carbocycles. The van der Waals surface area contributed by atoms with Crippen molar-refractivity contribution < 1.29 is 24.3 Å². The SMILES string of the molecule is O=C(O)c1nc2c(C(=O)N3CCC(O)CC3)cccc2n1Cc1cc(-c2ccc(Cl)s2)on1. The van der Waals surface area contributed by atoms with Gasteiger partial charge < -0.3 is 24.2 Å². The fourth-order valence-corrected chi connectivity index (χ4v) is 4.98. The van der Waals surface area contributed by atoms with Crippen LogP contribution in [-0.2, 0) is 6.54 Å². The minimum atomic E-state index is -1.21. The molecule has 1 aliphatic heterocycles. The molecule has 33 heavy (non-hydrogen) atoms. The number of amides is 1. The molecule has 1 amide bonds. The van der Waals surface area contributed by atoms with Gasteiger partial charge in [-0.1, -0.05) is 22.8 Å². The summed E-state index contributed by atoms with van der Waals surface area (Å²) in [4.78, 5) is 31.9. The number of benzene rings is 1. The maximum Gasteiger partial charge on any atom is 0.372 e. The van der Waals surface area contributed by atoms with E-state index in [4.69, 9.17) is 16.1 Å². The van der Waals surface area contributed by atoms with Crippen LogP contribution in [0, 0.1) is 0 Å². The second-order valence-electron chi connectivity index (χ2n) is 7.81. The van der Waals surface area contributed by atoms with E-state index in [9.17, 15) is 19.8 Å². The van der Waals surface area contributed by atoms with Gasteiger partial charge in [0.15, 0.2) is 5.76 Å². The molecule has 1 aliphatic rings. The van der Waals surface area contributed by atoms with Crippen molar-refractivity contribution in [3.8, 4) is 10.6 Å². The Balaban J connectivity index is 1.51. The van der Waals surface area contributed by atoms with Gasteiger partial charge in [-0.25, -0.2) is 9.78 Å². The molecule has 0 radical (unpaired) electrons. The molecule has 0 spiro atoms. The number of hydrogen-bond acceptors (Lipinski definition) is 7. The lowest BCUT2D eigenvalue weighted by molar-refractivity contribution is 0.0547. The van der Waals surface area contributed by atoms with Crippen LogP contribution in [0.2, 0.25) is 4.34 Å². The number of imidazole rings is 1. The number of halogens is 1. The van der Waals surface area contributed by atoms with Gasteiger partial charge in [0.05, 0.1) is 32.9 Å². The van der Waals surface area contributed by atoms with E-state index < -0.39 is 12.1 Å². The smallest absolute Gasteiger partial charge is 0.372 e. The van der Waals surface area contributed by atoms with E-state index in [1.165, 1.54) is 15.9 Å². The minimum absolute atomic E-state index is 0.105. The normalized spacial score (nSPS) is 14.8. The number of aromatic carboxylic acids is 1. The number of carbonyl (C=O) groups is 2. The molecule has 0 saturated carbocycles. The van der Waals surface area contributed by atoms with Crippen LogP contribution >= 0.6 is 22.9 Å². The monoisotopic (exact) mass is 486 g/mol. The van der Waals surface area contributed by atoms with Gasteiger partial charge in [-0.3, -0.25) is 4.79 Å². The fraction of sp³-hybridized carbons (Fsp3) is 0.273. The highest BCUT2D eigenvalue weighted by atomic mass is 35.5. The van der Waals surface area contributed by atoms with Gasteiger partial charge in [-0.2, -0.15) is 0 Å². The lowest BCUT2D eigenvalue weighted by Crippen LogP contribution is -2.40. The summed E-state index contributed by atoms with van der Waals surface area (Å²) in [5.74, 6) is -1.10. The van der Waals surface area contributed by atoms with Gasteiger partial charge in [-0.15, -0.1) is 11.3 Å². The first-order valence-corrected chi connectivity index (χ1v) is 11.5. The number of carbonyl (C=O) groups excluding carboxylic acids is 1. The summed E-state index contributed by atoms with van der Waals surface area (Å²) in [6.45, 7) is 0.989. The van der Waals surface area contributed by atoms with E-state index in [1.54, 1.807) is 35.2 Å². The van der Waals surface area contributed by atoms with Gasteiger partial charge in [0, 0.05) is 19.2 Å². The number of aromatic nitrogens is 3. The largest absolute Gasteiger partial charge is 0.475 e. The lowest BCUT2D eigenvalue weighted by Gasteiger charge is -2.29. The number of para-hydroxylation sites is 1. The lowest BCUT2D eigenvalue weighted by atomic mass is 10.1.